The first-order valence-corrected chi connectivity index (χ1v) is 7.78. The second-order valence-corrected chi connectivity index (χ2v) is 6.30. The first-order chi connectivity index (χ1) is 10.0. The Hall–Kier alpha value is -1.30. The minimum absolute atomic E-state index is 0.00706. The van der Waals surface area contributed by atoms with Crippen LogP contribution in [0.1, 0.15) is 32.6 Å². The molecule has 2 atom stereocenters. The number of urea groups is 1. The number of aliphatic carboxylic acids is 1. The van der Waals surface area contributed by atoms with Crippen LogP contribution in [0.4, 0.5) is 4.79 Å². The monoisotopic (exact) mass is 298 g/mol. The minimum atomic E-state index is -0.777. The number of likely N-dealkylation sites (tertiary alicyclic amines) is 2. The Morgan fingerprint density at radius 2 is 2.10 bits per heavy atom. The molecule has 0 aliphatic carbocycles. The zero-order valence-corrected chi connectivity index (χ0v) is 13.0. The van der Waals surface area contributed by atoms with Crippen molar-refractivity contribution in [1.82, 2.24) is 9.80 Å². The lowest BCUT2D eigenvalue weighted by Crippen LogP contribution is -2.53. The summed E-state index contributed by atoms with van der Waals surface area (Å²) in [7, 11) is 1.68. The van der Waals surface area contributed by atoms with Gasteiger partial charge in [0.15, 0.2) is 0 Å². The number of ether oxygens (including phenoxy) is 1. The van der Waals surface area contributed by atoms with Gasteiger partial charge in [-0.2, -0.15) is 0 Å². The van der Waals surface area contributed by atoms with Crippen LogP contribution >= 0.6 is 0 Å². The predicted molar refractivity (Wildman–Crippen MR) is 78.1 cm³/mol. The largest absolute Gasteiger partial charge is 0.481 e. The molecule has 6 nitrogen and oxygen atoms in total. The van der Waals surface area contributed by atoms with Crippen LogP contribution in [0.25, 0.3) is 0 Å². The molecule has 0 radical (unpaired) electrons. The van der Waals surface area contributed by atoms with Crippen LogP contribution in [0.3, 0.4) is 0 Å². The van der Waals surface area contributed by atoms with Crippen molar-refractivity contribution in [2.45, 2.75) is 32.6 Å². The first-order valence-electron chi connectivity index (χ1n) is 7.78. The van der Waals surface area contributed by atoms with E-state index < -0.39 is 11.4 Å². The summed E-state index contributed by atoms with van der Waals surface area (Å²) >= 11 is 0. The highest BCUT2D eigenvalue weighted by atomic mass is 16.5. The normalized spacial score (nSPS) is 29.7. The van der Waals surface area contributed by atoms with E-state index in [9.17, 15) is 14.7 Å². The standard InChI is InChI=1S/C15H26N2O4/c1-3-15(13(18)19)6-4-7-17(11-15)14(20)16-8-5-12(9-16)10-21-2/h12H,3-11H2,1-2H3,(H,18,19). The molecule has 2 rings (SSSR count). The fourth-order valence-corrected chi connectivity index (χ4v) is 3.49. The molecule has 2 unspecified atom stereocenters. The van der Waals surface area contributed by atoms with Crippen molar-refractivity contribution < 1.29 is 19.4 Å². The van der Waals surface area contributed by atoms with Crippen molar-refractivity contribution in [2.75, 3.05) is 39.9 Å². The molecule has 1 N–H and O–H groups in total. The lowest BCUT2D eigenvalue weighted by Gasteiger charge is -2.40. The van der Waals surface area contributed by atoms with Crippen molar-refractivity contribution in [2.24, 2.45) is 11.3 Å². The van der Waals surface area contributed by atoms with Gasteiger partial charge in [-0.05, 0) is 25.7 Å². The average Bonchev–Trinajstić information content (AvgIpc) is 2.95. The maximum Gasteiger partial charge on any atom is 0.320 e. The summed E-state index contributed by atoms with van der Waals surface area (Å²) in [6, 6.07) is -0.00706. The maximum absolute atomic E-state index is 12.6. The van der Waals surface area contributed by atoms with E-state index in [0.717, 1.165) is 25.9 Å². The Kier molecular flexibility index (Phi) is 5.08. The molecule has 0 saturated carbocycles. The lowest BCUT2D eigenvalue weighted by molar-refractivity contribution is -0.152. The van der Waals surface area contributed by atoms with Gasteiger partial charge in [-0.15, -0.1) is 0 Å². The molecule has 2 amide bonds. The number of carboxylic acids is 1. The third-order valence-corrected chi connectivity index (χ3v) is 4.94. The fourth-order valence-electron chi connectivity index (χ4n) is 3.49. The number of hydrogen-bond acceptors (Lipinski definition) is 3. The summed E-state index contributed by atoms with van der Waals surface area (Å²) in [5.74, 6) is -0.375. The van der Waals surface area contributed by atoms with E-state index in [1.165, 1.54) is 0 Å². The van der Waals surface area contributed by atoms with Crippen LogP contribution < -0.4 is 0 Å². The summed E-state index contributed by atoms with van der Waals surface area (Å²) in [6.07, 6.45) is 2.96. The molecule has 2 heterocycles. The number of carbonyl (C=O) groups is 2. The van der Waals surface area contributed by atoms with Crippen molar-refractivity contribution in [3.05, 3.63) is 0 Å². The number of carbonyl (C=O) groups excluding carboxylic acids is 1. The molecule has 0 aromatic heterocycles. The summed E-state index contributed by atoms with van der Waals surface area (Å²) in [4.78, 5) is 27.7. The summed E-state index contributed by atoms with van der Waals surface area (Å²) in [5.41, 5.74) is -0.764. The zero-order chi connectivity index (χ0) is 15.5. The second kappa shape index (κ2) is 6.64. The summed E-state index contributed by atoms with van der Waals surface area (Å²) in [6.45, 7) is 5.04. The van der Waals surface area contributed by atoms with Gasteiger partial charge < -0.3 is 19.6 Å². The molecule has 0 aromatic carbocycles. The van der Waals surface area contributed by atoms with E-state index in [4.69, 9.17) is 4.74 Å². The van der Waals surface area contributed by atoms with Gasteiger partial charge in [-0.1, -0.05) is 6.92 Å². The van der Waals surface area contributed by atoms with Crippen LogP contribution in [-0.4, -0.2) is 66.8 Å². The number of rotatable bonds is 4. The van der Waals surface area contributed by atoms with E-state index in [1.54, 1.807) is 12.0 Å². The smallest absolute Gasteiger partial charge is 0.320 e. The van der Waals surface area contributed by atoms with E-state index in [2.05, 4.69) is 0 Å². The number of methoxy groups -OCH3 is 1. The fraction of sp³-hybridized carbons (Fsp3) is 0.867. The van der Waals surface area contributed by atoms with E-state index in [-0.39, 0.29) is 6.03 Å². The third-order valence-electron chi connectivity index (χ3n) is 4.94. The first kappa shape index (κ1) is 16.1. The minimum Gasteiger partial charge on any atom is -0.481 e. The number of nitrogens with zero attached hydrogens (tertiary/aromatic N) is 2. The number of carboxylic acid groups (broad SMARTS) is 1. The molecular formula is C15H26N2O4. The van der Waals surface area contributed by atoms with Crippen LogP contribution in [0.2, 0.25) is 0 Å². The van der Waals surface area contributed by atoms with Crippen molar-refractivity contribution in [3.8, 4) is 0 Å². The lowest BCUT2D eigenvalue weighted by atomic mass is 9.78. The molecule has 21 heavy (non-hydrogen) atoms. The Morgan fingerprint density at radius 3 is 2.71 bits per heavy atom. The van der Waals surface area contributed by atoms with Gasteiger partial charge in [0, 0.05) is 39.2 Å². The van der Waals surface area contributed by atoms with Gasteiger partial charge in [0.05, 0.1) is 12.0 Å². The highest BCUT2D eigenvalue weighted by Crippen LogP contribution is 2.34. The number of amides is 2. The Bertz CT molecular complexity index is 401. The third kappa shape index (κ3) is 3.31. The van der Waals surface area contributed by atoms with Gasteiger partial charge in [0.1, 0.15) is 0 Å². The molecule has 0 bridgehead atoms. The predicted octanol–water partition coefficient (Wildman–Crippen LogP) is 1.65. The molecule has 2 aliphatic rings. The van der Waals surface area contributed by atoms with Crippen LogP contribution in [-0.2, 0) is 9.53 Å². The SMILES string of the molecule is CCC1(C(=O)O)CCCN(C(=O)N2CCC(COC)C2)C1. The highest BCUT2D eigenvalue weighted by molar-refractivity contribution is 5.79. The van der Waals surface area contributed by atoms with Crippen LogP contribution in [0, 0.1) is 11.3 Å². The molecule has 120 valence electrons. The van der Waals surface area contributed by atoms with Gasteiger partial charge in [-0.3, -0.25) is 4.79 Å². The molecule has 0 aromatic rings. The quantitative estimate of drug-likeness (QED) is 0.857. The Balaban J connectivity index is 1.98. The van der Waals surface area contributed by atoms with Gasteiger partial charge in [0.25, 0.3) is 0 Å². The highest BCUT2D eigenvalue weighted by Gasteiger charge is 2.43. The van der Waals surface area contributed by atoms with Gasteiger partial charge in [-0.25, -0.2) is 4.79 Å². The Morgan fingerprint density at radius 1 is 1.33 bits per heavy atom. The van der Waals surface area contributed by atoms with Gasteiger partial charge in [0.2, 0.25) is 0 Å². The van der Waals surface area contributed by atoms with Crippen LogP contribution in [0.5, 0.6) is 0 Å². The average molecular weight is 298 g/mol. The van der Waals surface area contributed by atoms with E-state index in [1.807, 2.05) is 11.8 Å². The molecule has 2 aliphatic heterocycles. The summed E-state index contributed by atoms with van der Waals surface area (Å²) < 4.78 is 5.15. The zero-order valence-electron chi connectivity index (χ0n) is 13.0. The van der Waals surface area contributed by atoms with E-state index in [0.29, 0.717) is 38.5 Å². The van der Waals surface area contributed by atoms with Crippen molar-refractivity contribution >= 4 is 12.0 Å². The van der Waals surface area contributed by atoms with Crippen molar-refractivity contribution in [1.29, 1.82) is 0 Å². The second-order valence-electron chi connectivity index (χ2n) is 6.30. The van der Waals surface area contributed by atoms with Crippen molar-refractivity contribution in [3.63, 3.8) is 0 Å². The van der Waals surface area contributed by atoms with Crippen LogP contribution in [0.15, 0.2) is 0 Å². The molecule has 2 saturated heterocycles. The molecule has 0 spiro atoms. The number of piperidine rings is 1. The molecule has 2 fully saturated rings. The van der Waals surface area contributed by atoms with Gasteiger partial charge >= 0.3 is 12.0 Å². The maximum atomic E-state index is 12.6. The summed E-state index contributed by atoms with van der Waals surface area (Å²) in [5, 5.41) is 9.50. The van der Waals surface area contributed by atoms with E-state index >= 15 is 0 Å². The Labute approximate surface area is 126 Å². The topological polar surface area (TPSA) is 70.1 Å². The molecule has 6 heteroatoms. The number of hydrogen-bond donors (Lipinski definition) is 1. The molecular weight excluding hydrogens is 272 g/mol.